The Hall–Kier alpha value is -1.80. The average Bonchev–Trinajstić information content (AvgIpc) is 2.37. The first-order valence-corrected chi connectivity index (χ1v) is 6.61. The van der Waals surface area contributed by atoms with Crippen molar-refractivity contribution in [3.8, 4) is 0 Å². The van der Waals surface area contributed by atoms with Crippen LogP contribution < -0.4 is 21.9 Å². The van der Waals surface area contributed by atoms with Gasteiger partial charge in [-0.25, -0.2) is 4.79 Å². The third kappa shape index (κ3) is 2.56. The molecule has 2 heterocycles. The Morgan fingerprint density at radius 3 is 2.75 bits per heavy atom. The SMILES string of the molecule is CCn1c(N)c(N2CC(C)OC(CO)C2)c(=O)[nH]c1=O. The van der Waals surface area contributed by atoms with E-state index in [0.717, 1.165) is 0 Å². The Morgan fingerprint density at radius 1 is 1.45 bits per heavy atom. The first kappa shape index (κ1) is 14.6. The van der Waals surface area contributed by atoms with E-state index in [4.69, 9.17) is 10.5 Å². The van der Waals surface area contributed by atoms with Gasteiger partial charge in [0.2, 0.25) is 0 Å². The van der Waals surface area contributed by atoms with Crippen molar-refractivity contribution in [1.29, 1.82) is 0 Å². The molecule has 2 rings (SSSR count). The molecule has 1 aromatic heterocycles. The third-order valence-corrected chi connectivity index (χ3v) is 3.38. The van der Waals surface area contributed by atoms with E-state index in [2.05, 4.69) is 4.98 Å². The molecule has 0 aromatic carbocycles. The molecular formula is C12H20N4O4. The van der Waals surface area contributed by atoms with Gasteiger partial charge in [-0.05, 0) is 13.8 Å². The fourth-order valence-corrected chi connectivity index (χ4v) is 2.53. The summed E-state index contributed by atoms with van der Waals surface area (Å²) in [6.45, 7) is 4.71. The number of nitrogens with two attached hydrogens (primary N) is 1. The van der Waals surface area contributed by atoms with Crippen molar-refractivity contribution in [1.82, 2.24) is 9.55 Å². The molecule has 1 aliphatic heterocycles. The average molecular weight is 284 g/mol. The van der Waals surface area contributed by atoms with Crippen molar-refractivity contribution < 1.29 is 9.84 Å². The Balaban J connectivity index is 2.47. The van der Waals surface area contributed by atoms with Crippen LogP contribution in [0.15, 0.2) is 9.59 Å². The topological polar surface area (TPSA) is 114 Å². The zero-order valence-electron chi connectivity index (χ0n) is 11.6. The first-order valence-electron chi connectivity index (χ1n) is 6.61. The molecule has 0 amide bonds. The van der Waals surface area contributed by atoms with E-state index in [0.29, 0.717) is 19.6 Å². The van der Waals surface area contributed by atoms with Crippen molar-refractivity contribution >= 4 is 11.5 Å². The Bertz CT molecular complexity index is 594. The molecule has 0 spiro atoms. The lowest BCUT2D eigenvalue weighted by atomic mass is 10.2. The highest BCUT2D eigenvalue weighted by Gasteiger charge is 2.28. The van der Waals surface area contributed by atoms with E-state index in [1.54, 1.807) is 11.8 Å². The minimum atomic E-state index is -0.515. The number of nitrogens with zero attached hydrogens (tertiary/aromatic N) is 2. The van der Waals surface area contributed by atoms with Crippen molar-refractivity contribution in [3.05, 3.63) is 20.8 Å². The van der Waals surface area contributed by atoms with Crippen LogP contribution in [0.1, 0.15) is 13.8 Å². The van der Waals surface area contributed by atoms with E-state index in [-0.39, 0.29) is 30.3 Å². The second-order valence-corrected chi connectivity index (χ2v) is 4.89. The molecule has 4 N–H and O–H groups in total. The summed E-state index contributed by atoms with van der Waals surface area (Å²) in [5.41, 5.74) is 5.19. The van der Waals surface area contributed by atoms with Gasteiger partial charge in [0.05, 0.1) is 18.8 Å². The highest BCUT2D eigenvalue weighted by Crippen LogP contribution is 2.21. The van der Waals surface area contributed by atoms with Crippen molar-refractivity contribution in [2.24, 2.45) is 0 Å². The Labute approximate surface area is 115 Å². The van der Waals surface area contributed by atoms with Crippen LogP contribution >= 0.6 is 0 Å². The second-order valence-electron chi connectivity index (χ2n) is 4.89. The highest BCUT2D eigenvalue weighted by molar-refractivity contribution is 5.62. The fraction of sp³-hybridized carbons (Fsp3) is 0.667. The lowest BCUT2D eigenvalue weighted by molar-refractivity contribution is -0.0421. The monoisotopic (exact) mass is 284 g/mol. The minimum Gasteiger partial charge on any atom is -0.394 e. The van der Waals surface area contributed by atoms with Crippen molar-refractivity contribution in [2.45, 2.75) is 32.6 Å². The van der Waals surface area contributed by atoms with Crippen LogP contribution in [-0.4, -0.2) is 46.6 Å². The lowest BCUT2D eigenvalue weighted by Gasteiger charge is -2.37. The van der Waals surface area contributed by atoms with E-state index < -0.39 is 11.2 Å². The van der Waals surface area contributed by atoms with Crippen LogP contribution in [0.3, 0.4) is 0 Å². The zero-order chi connectivity index (χ0) is 14.9. The lowest BCUT2D eigenvalue weighted by Crippen LogP contribution is -2.50. The largest absolute Gasteiger partial charge is 0.394 e. The third-order valence-electron chi connectivity index (χ3n) is 3.38. The first-order chi connectivity index (χ1) is 9.47. The summed E-state index contributed by atoms with van der Waals surface area (Å²) < 4.78 is 6.84. The quantitative estimate of drug-likeness (QED) is 0.637. The molecule has 8 nitrogen and oxygen atoms in total. The van der Waals surface area contributed by atoms with Gasteiger partial charge in [0.1, 0.15) is 11.5 Å². The van der Waals surface area contributed by atoms with Gasteiger partial charge in [-0.15, -0.1) is 0 Å². The number of rotatable bonds is 3. The van der Waals surface area contributed by atoms with Crippen LogP contribution in [0, 0.1) is 0 Å². The van der Waals surface area contributed by atoms with Gasteiger partial charge >= 0.3 is 5.69 Å². The highest BCUT2D eigenvalue weighted by atomic mass is 16.5. The maximum atomic E-state index is 12.0. The van der Waals surface area contributed by atoms with E-state index in [1.165, 1.54) is 4.57 Å². The van der Waals surface area contributed by atoms with Gasteiger partial charge < -0.3 is 20.5 Å². The number of hydrogen-bond donors (Lipinski definition) is 3. The number of anilines is 2. The molecule has 20 heavy (non-hydrogen) atoms. The number of aromatic amines is 1. The summed E-state index contributed by atoms with van der Waals surface area (Å²) in [7, 11) is 0. The second kappa shape index (κ2) is 5.68. The van der Waals surface area contributed by atoms with Crippen molar-refractivity contribution in [3.63, 3.8) is 0 Å². The number of aliphatic hydroxyl groups excluding tert-OH is 1. The van der Waals surface area contributed by atoms with Gasteiger partial charge in [-0.1, -0.05) is 0 Å². The molecule has 112 valence electrons. The van der Waals surface area contributed by atoms with Crippen molar-refractivity contribution in [2.75, 3.05) is 30.3 Å². The number of aromatic nitrogens is 2. The number of nitrogens with one attached hydrogen (secondary N) is 1. The summed E-state index contributed by atoms with van der Waals surface area (Å²) in [6, 6.07) is 0. The molecule has 1 aliphatic rings. The Kier molecular flexibility index (Phi) is 4.15. The number of hydrogen-bond acceptors (Lipinski definition) is 6. The molecule has 0 bridgehead atoms. The maximum Gasteiger partial charge on any atom is 0.330 e. The molecule has 2 atom stereocenters. The zero-order valence-corrected chi connectivity index (χ0v) is 11.6. The standard InChI is InChI=1S/C12H20N4O4/c1-3-16-10(13)9(11(18)14-12(16)19)15-4-7(2)20-8(5-15)6-17/h7-8,17H,3-6,13H2,1-2H3,(H,14,18,19). The summed E-state index contributed by atoms with van der Waals surface area (Å²) in [6.07, 6.45) is -0.513. The van der Waals surface area contributed by atoms with Gasteiger partial charge in [0.15, 0.2) is 0 Å². The van der Waals surface area contributed by atoms with Crippen LogP contribution in [0.5, 0.6) is 0 Å². The molecule has 8 heteroatoms. The number of morpholine rings is 1. The molecular weight excluding hydrogens is 264 g/mol. The summed E-state index contributed by atoms with van der Waals surface area (Å²) >= 11 is 0. The van der Waals surface area contributed by atoms with Crippen LogP contribution in [0.25, 0.3) is 0 Å². The summed E-state index contributed by atoms with van der Waals surface area (Å²) in [5.74, 6) is 0.145. The fourth-order valence-electron chi connectivity index (χ4n) is 2.53. The van der Waals surface area contributed by atoms with Gasteiger partial charge in [-0.2, -0.15) is 0 Å². The van der Waals surface area contributed by atoms with E-state index in [9.17, 15) is 14.7 Å². The van der Waals surface area contributed by atoms with Crippen LogP contribution in [0.4, 0.5) is 11.5 Å². The molecule has 1 aromatic rings. The molecule has 0 aliphatic carbocycles. The van der Waals surface area contributed by atoms with Gasteiger partial charge in [0, 0.05) is 19.6 Å². The van der Waals surface area contributed by atoms with Gasteiger partial charge in [-0.3, -0.25) is 14.3 Å². The molecule has 0 saturated carbocycles. The minimum absolute atomic E-state index is 0.133. The molecule has 2 unspecified atom stereocenters. The van der Waals surface area contributed by atoms with Gasteiger partial charge in [0.25, 0.3) is 5.56 Å². The summed E-state index contributed by atoms with van der Waals surface area (Å²) in [5, 5.41) is 9.23. The van der Waals surface area contributed by atoms with Crippen LogP contribution in [0.2, 0.25) is 0 Å². The van der Waals surface area contributed by atoms with E-state index >= 15 is 0 Å². The number of H-pyrrole nitrogens is 1. The number of aliphatic hydroxyl groups is 1. The molecule has 0 radical (unpaired) electrons. The smallest absolute Gasteiger partial charge is 0.330 e. The number of ether oxygens (including phenoxy) is 1. The predicted molar refractivity (Wildman–Crippen MR) is 75.0 cm³/mol. The predicted octanol–water partition coefficient (Wildman–Crippen LogP) is -1.28. The Morgan fingerprint density at radius 2 is 2.15 bits per heavy atom. The number of nitrogen functional groups attached to an aromatic ring is 1. The van der Waals surface area contributed by atoms with E-state index in [1.807, 2.05) is 6.92 Å². The summed E-state index contributed by atoms with van der Waals surface area (Å²) in [4.78, 5) is 27.7. The van der Waals surface area contributed by atoms with Crippen LogP contribution in [-0.2, 0) is 11.3 Å². The maximum absolute atomic E-state index is 12.0. The molecule has 1 saturated heterocycles. The molecule has 1 fully saturated rings. The normalized spacial score (nSPS) is 23.1.